The molecule has 57 heavy (non-hydrogen) atoms. The van der Waals surface area contributed by atoms with Crippen molar-refractivity contribution in [3.8, 4) is 0 Å². The Kier molecular flexibility index (Phi) is 12.9. The maximum Gasteiger partial charge on any atom is 0.209 e. The number of hydrogen-bond donors (Lipinski definition) is 0. The molecule has 2 aliphatic heterocycles. The molecule has 1 aliphatic carbocycles. The molecule has 0 bridgehead atoms. The number of unbranched alkanes of at least 4 members (excludes halogenated alkanes) is 5. The number of pyridine rings is 1. The average Bonchev–Trinajstić information content (AvgIpc) is 3.72. The van der Waals surface area contributed by atoms with Gasteiger partial charge >= 0.3 is 0 Å². The summed E-state index contributed by atoms with van der Waals surface area (Å²) in [5.41, 5.74) is 14.3. The predicted molar refractivity (Wildman–Crippen MR) is 242 cm³/mol. The molecule has 0 radical (unpaired) electrons. The van der Waals surface area contributed by atoms with Crippen molar-refractivity contribution < 1.29 is 13.9 Å². The van der Waals surface area contributed by atoms with Crippen LogP contribution in [0.2, 0.25) is 0 Å². The molecule has 0 amide bonds. The van der Waals surface area contributed by atoms with Gasteiger partial charge in [-0.05, 0) is 108 Å². The first-order valence-electron chi connectivity index (χ1n) is 22.2. The van der Waals surface area contributed by atoms with Crippen LogP contribution in [0.15, 0.2) is 108 Å². The Bertz CT molecular complexity index is 2100. The van der Waals surface area contributed by atoms with Gasteiger partial charge in [-0.15, -0.1) is 0 Å². The fourth-order valence-corrected chi connectivity index (χ4v) is 9.56. The minimum Gasteiger partial charge on any atom is -0.484 e. The highest BCUT2D eigenvalue weighted by Gasteiger charge is 2.44. The molecule has 4 nitrogen and oxygen atoms in total. The monoisotopic (exact) mass is 768 g/mol. The normalized spacial score (nSPS) is 19.4. The summed E-state index contributed by atoms with van der Waals surface area (Å²) in [6.07, 6.45) is 23.8. The summed E-state index contributed by atoms with van der Waals surface area (Å²) in [5.74, 6) is 1.05. The summed E-state index contributed by atoms with van der Waals surface area (Å²) >= 11 is 0. The van der Waals surface area contributed by atoms with Crippen LogP contribution >= 0.6 is 0 Å². The zero-order valence-electron chi connectivity index (χ0n) is 37.7. The number of anilines is 1. The summed E-state index contributed by atoms with van der Waals surface area (Å²) in [5, 5.41) is 0. The summed E-state index contributed by atoms with van der Waals surface area (Å²) in [4.78, 5) is 2.51. The van der Waals surface area contributed by atoms with Gasteiger partial charge in [-0.1, -0.05) is 103 Å². The Labute approximate surface area is 346 Å². The molecule has 0 fully saturated rings. The highest BCUT2D eigenvalue weighted by atomic mass is 16.5. The molecule has 1 atom stereocenters. The molecule has 1 aromatic heterocycles. The maximum atomic E-state index is 7.49. The van der Waals surface area contributed by atoms with Crippen LogP contribution in [0.1, 0.15) is 155 Å². The largest absolute Gasteiger partial charge is 0.484 e. The van der Waals surface area contributed by atoms with E-state index in [-0.39, 0.29) is 22.3 Å². The first kappa shape index (κ1) is 42.4. The molecular weight excluding hydrogens is 695 g/mol. The first-order chi connectivity index (χ1) is 27.1. The van der Waals surface area contributed by atoms with Gasteiger partial charge in [0, 0.05) is 59.0 Å². The van der Waals surface area contributed by atoms with E-state index in [0.717, 1.165) is 38.2 Å². The molecule has 3 aliphatic rings. The number of hydrogen-bond acceptors (Lipinski definition) is 2. The molecule has 0 saturated carbocycles. The molecule has 0 N–H and O–H groups in total. The number of aromatic nitrogens is 1. The fraction of sp³-hybridized carbons (Fsp3) is 0.509. The van der Waals surface area contributed by atoms with Crippen molar-refractivity contribution in [3.63, 3.8) is 0 Å². The molecule has 1 unspecified atom stereocenters. The second-order valence-electron chi connectivity index (χ2n) is 19.1. The number of aryl methyl sites for hydroxylation is 3. The van der Waals surface area contributed by atoms with Crippen LogP contribution in [0.5, 0.6) is 0 Å². The molecular formula is C53H73N3O+2. The number of rotatable bonds is 15. The van der Waals surface area contributed by atoms with Crippen molar-refractivity contribution in [2.75, 3.05) is 18.0 Å². The van der Waals surface area contributed by atoms with E-state index < -0.39 is 0 Å². The Hall–Kier alpha value is -4.18. The average molecular weight is 768 g/mol. The third kappa shape index (κ3) is 8.81. The van der Waals surface area contributed by atoms with Crippen molar-refractivity contribution in [3.05, 3.63) is 136 Å². The number of fused-ring (bicyclic) bond motifs is 2. The van der Waals surface area contributed by atoms with Crippen LogP contribution in [0.3, 0.4) is 0 Å². The lowest BCUT2D eigenvalue weighted by molar-refractivity contribution is -0.698. The van der Waals surface area contributed by atoms with E-state index in [1.165, 1.54) is 100 Å². The number of benzene rings is 2. The summed E-state index contributed by atoms with van der Waals surface area (Å²) in [6, 6.07) is 18.4. The molecule has 0 spiro atoms. The molecule has 304 valence electrons. The number of nitrogens with zero attached hydrogens (tertiary/aromatic N) is 3. The van der Waals surface area contributed by atoms with Gasteiger partial charge < -0.3 is 9.64 Å². The topological polar surface area (TPSA) is 19.4 Å². The quantitative estimate of drug-likeness (QED) is 0.113. The fourth-order valence-electron chi connectivity index (χ4n) is 9.56. The van der Waals surface area contributed by atoms with Gasteiger partial charge in [0.2, 0.25) is 5.69 Å². The maximum absolute atomic E-state index is 7.49. The third-order valence-corrected chi connectivity index (χ3v) is 12.8. The highest BCUT2D eigenvalue weighted by Crippen LogP contribution is 2.49. The van der Waals surface area contributed by atoms with Crippen molar-refractivity contribution in [1.29, 1.82) is 0 Å². The van der Waals surface area contributed by atoms with E-state index in [1.807, 2.05) is 0 Å². The lowest BCUT2D eigenvalue weighted by Gasteiger charge is -2.32. The molecule has 2 aromatic carbocycles. The second kappa shape index (κ2) is 17.4. The highest BCUT2D eigenvalue weighted by molar-refractivity contribution is 6.03. The van der Waals surface area contributed by atoms with Crippen LogP contribution in [-0.4, -0.2) is 23.4 Å². The molecule has 0 saturated heterocycles. The SMILES string of the molecule is CCCCCCCC[n+]1cccc(C(OC2=C(/C=C/C3=[N+](CC)c4ccc(C)cc4C3(C)C)CC/C2=C\C=C2\N(CC)c3ccc(C)cc3C2(C)C)C(C)(C)C)c1. The van der Waals surface area contributed by atoms with Crippen LogP contribution in [-0.2, 0) is 22.1 Å². The third-order valence-electron chi connectivity index (χ3n) is 12.8. The van der Waals surface area contributed by atoms with Gasteiger partial charge in [-0.2, -0.15) is 4.58 Å². The smallest absolute Gasteiger partial charge is 0.209 e. The minimum atomic E-state index is -0.125. The number of ether oxygens (including phenoxy) is 1. The van der Waals surface area contributed by atoms with Crippen molar-refractivity contribution in [2.24, 2.45) is 5.41 Å². The van der Waals surface area contributed by atoms with Crippen LogP contribution < -0.4 is 9.47 Å². The molecule has 3 aromatic rings. The van der Waals surface area contributed by atoms with E-state index in [0.29, 0.717) is 0 Å². The number of allylic oxidation sites excluding steroid dienone is 7. The minimum absolute atomic E-state index is 0.0935. The van der Waals surface area contributed by atoms with E-state index in [9.17, 15) is 0 Å². The summed E-state index contributed by atoms with van der Waals surface area (Å²) < 4.78 is 12.4. The van der Waals surface area contributed by atoms with Crippen LogP contribution in [0.4, 0.5) is 11.4 Å². The summed E-state index contributed by atoms with van der Waals surface area (Å²) in [7, 11) is 0. The van der Waals surface area contributed by atoms with E-state index in [2.05, 4.69) is 182 Å². The summed E-state index contributed by atoms with van der Waals surface area (Å²) in [6.45, 7) is 30.7. The Morgan fingerprint density at radius 2 is 1.51 bits per heavy atom. The Morgan fingerprint density at radius 1 is 0.807 bits per heavy atom. The predicted octanol–water partition coefficient (Wildman–Crippen LogP) is 13.4. The molecule has 6 rings (SSSR count). The van der Waals surface area contributed by atoms with Gasteiger partial charge in [0.1, 0.15) is 25.0 Å². The second-order valence-corrected chi connectivity index (χ2v) is 19.1. The van der Waals surface area contributed by atoms with Crippen molar-refractivity contribution in [2.45, 2.75) is 158 Å². The van der Waals surface area contributed by atoms with Crippen LogP contribution in [0, 0.1) is 19.3 Å². The Morgan fingerprint density at radius 3 is 2.21 bits per heavy atom. The van der Waals surface area contributed by atoms with Crippen LogP contribution in [0.25, 0.3) is 0 Å². The van der Waals surface area contributed by atoms with Gasteiger partial charge in [-0.3, -0.25) is 0 Å². The van der Waals surface area contributed by atoms with Gasteiger partial charge in [-0.25, -0.2) is 4.57 Å². The molecule has 4 heteroatoms. The van der Waals surface area contributed by atoms with E-state index >= 15 is 0 Å². The zero-order chi connectivity index (χ0) is 41.1. The van der Waals surface area contributed by atoms with E-state index in [1.54, 1.807) is 0 Å². The lowest BCUT2D eigenvalue weighted by atomic mass is 9.80. The Balaban J connectivity index is 1.41. The lowest BCUT2D eigenvalue weighted by Crippen LogP contribution is -2.34. The van der Waals surface area contributed by atoms with Gasteiger partial charge in [0.15, 0.2) is 18.1 Å². The zero-order valence-corrected chi connectivity index (χ0v) is 37.7. The van der Waals surface area contributed by atoms with Crippen molar-refractivity contribution >= 4 is 17.1 Å². The standard InChI is InChI=1S/C53H73N3O/c1-13-16-17-18-19-20-33-54-34-21-22-42(37-54)50(51(6,7)8)57-49-40(27-31-47-52(9,10)43-35-38(4)23-29-45(43)55(47)14-2)25-26-41(49)28-32-48-53(11,12)44-36-39(5)24-30-46(44)56(48)15-3/h21-24,27-32,34-37,50H,13-20,25-26,33H2,1-12H3/q+2. The molecule has 3 heterocycles. The van der Waals surface area contributed by atoms with E-state index in [4.69, 9.17) is 4.74 Å². The number of likely N-dealkylation sites (N-methyl/N-ethyl adjacent to an activating group) is 1. The van der Waals surface area contributed by atoms with Gasteiger partial charge in [0.05, 0.1) is 11.0 Å². The first-order valence-corrected chi connectivity index (χ1v) is 22.2. The van der Waals surface area contributed by atoms with Gasteiger partial charge in [0.25, 0.3) is 0 Å². The van der Waals surface area contributed by atoms with Crippen molar-refractivity contribution in [1.82, 2.24) is 0 Å².